The summed E-state index contributed by atoms with van der Waals surface area (Å²) in [5.41, 5.74) is 13.6. The first-order valence-electron chi connectivity index (χ1n) is 10.1. The van der Waals surface area contributed by atoms with Crippen molar-refractivity contribution in [1.82, 2.24) is 15.0 Å². The molecule has 1 aromatic heterocycles. The molecule has 0 saturated carbocycles. The third-order valence-corrected chi connectivity index (χ3v) is 5.35. The number of nitrogens with two attached hydrogens (primary N) is 1. The largest absolute Gasteiger partial charge is 0.390 e. The van der Waals surface area contributed by atoms with Crippen molar-refractivity contribution >= 4 is 17.4 Å². The maximum atomic E-state index is 9.76. The Morgan fingerprint density at radius 2 is 1.93 bits per heavy atom. The summed E-state index contributed by atoms with van der Waals surface area (Å²) in [5, 5.41) is 14.3. The number of aliphatic hydroxyl groups is 1. The number of unbranched alkanes of at least 4 members (excludes halogenated alkanes) is 1. The first kappa shape index (κ1) is 21.9. The number of hydrazone groups is 1. The number of rotatable bonds is 9. The van der Waals surface area contributed by atoms with Gasteiger partial charge in [0.2, 0.25) is 0 Å². The molecule has 0 amide bonds. The smallest absolute Gasteiger partial charge is 0.152 e. The van der Waals surface area contributed by atoms with Crippen LogP contribution in [0.2, 0.25) is 5.15 Å². The Morgan fingerprint density at radius 1 is 1.20 bits per heavy atom. The Bertz CT molecular complexity index is 1010. The van der Waals surface area contributed by atoms with Gasteiger partial charge in [-0.25, -0.2) is 4.98 Å². The highest BCUT2D eigenvalue weighted by molar-refractivity contribution is 6.30. The zero-order valence-electron chi connectivity index (χ0n) is 17.4. The monoisotopic (exact) mass is 425 g/mol. The predicted octanol–water partition coefficient (Wildman–Crippen LogP) is 3.93. The van der Waals surface area contributed by atoms with Crippen LogP contribution >= 0.6 is 11.6 Å². The van der Waals surface area contributed by atoms with Crippen LogP contribution in [0.4, 0.5) is 0 Å². The number of aromatic nitrogens is 2. The second-order valence-electron chi connectivity index (χ2n) is 7.08. The fraction of sp³-hybridized carbons (Fsp3) is 0.304. The Morgan fingerprint density at radius 3 is 2.60 bits per heavy atom. The highest BCUT2D eigenvalue weighted by Gasteiger charge is 2.15. The third kappa shape index (κ3) is 4.83. The molecule has 0 spiro atoms. The van der Waals surface area contributed by atoms with E-state index in [2.05, 4.69) is 46.7 Å². The van der Waals surface area contributed by atoms with Gasteiger partial charge in [-0.2, -0.15) is 5.10 Å². The summed E-state index contributed by atoms with van der Waals surface area (Å²) >= 11 is 6.25. The molecule has 4 N–H and O–H groups in total. The summed E-state index contributed by atoms with van der Waals surface area (Å²) in [7, 11) is 1.72. The van der Waals surface area contributed by atoms with Crippen LogP contribution in [-0.2, 0) is 19.6 Å². The SMILES string of the molecule is CCCCc1nc(Cl)c(CO)n1Cc1ccc(-c2ccccc2/C(N)=N/NC)cc1. The number of aliphatic hydroxyl groups excluding tert-OH is 1. The normalized spacial score (nSPS) is 11.7. The average Bonchev–Trinajstić information content (AvgIpc) is 3.06. The topological polar surface area (TPSA) is 88.5 Å². The van der Waals surface area contributed by atoms with Gasteiger partial charge in [-0.15, -0.1) is 0 Å². The zero-order chi connectivity index (χ0) is 21.5. The molecule has 0 aliphatic carbocycles. The van der Waals surface area contributed by atoms with Crippen molar-refractivity contribution in [2.24, 2.45) is 10.8 Å². The van der Waals surface area contributed by atoms with Crippen LogP contribution in [-0.4, -0.2) is 27.5 Å². The number of hydrogen-bond donors (Lipinski definition) is 3. The minimum atomic E-state index is -0.131. The van der Waals surface area contributed by atoms with Crippen LogP contribution in [0.1, 0.15) is 42.4 Å². The molecule has 0 radical (unpaired) electrons. The molecule has 0 aliphatic rings. The van der Waals surface area contributed by atoms with Gasteiger partial charge in [-0.1, -0.05) is 73.5 Å². The van der Waals surface area contributed by atoms with Crippen molar-refractivity contribution in [2.75, 3.05) is 7.05 Å². The zero-order valence-corrected chi connectivity index (χ0v) is 18.2. The molecule has 3 aromatic rings. The van der Waals surface area contributed by atoms with Crippen LogP contribution in [0.5, 0.6) is 0 Å². The van der Waals surface area contributed by atoms with Crippen molar-refractivity contribution in [3.05, 3.63) is 76.3 Å². The van der Waals surface area contributed by atoms with E-state index in [4.69, 9.17) is 17.3 Å². The number of nitrogens with zero attached hydrogens (tertiary/aromatic N) is 3. The van der Waals surface area contributed by atoms with Crippen LogP contribution in [0, 0.1) is 0 Å². The Labute approximate surface area is 182 Å². The number of hydrogen-bond acceptors (Lipinski definition) is 4. The summed E-state index contributed by atoms with van der Waals surface area (Å²) in [6.07, 6.45) is 2.95. The first-order chi connectivity index (χ1) is 14.6. The Hall–Kier alpha value is -2.83. The summed E-state index contributed by atoms with van der Waals surface area (Å²) in [4.78, 5) is 4.46. The lowest BCUT2D eigenvalue weighted by Crippen LogP contribution is -2.18. The second-order valence-corrected chi connectivity index (χ2v) is 7.43. The molecular weight excluding hydrogens is 398 g/mol. The third-order valence-electron chi connectivity index (χ3n) is 5.05. The van der Waals surface area contributed by atoms with Gasteiger partial charge >= 0.3 is 0 Å². The molecule has 158 valence electrons. The van der Waals surface area contributed by atoms with E-state index in [-0.39, 0.29) is 6.61 Å². The molecule has 0 saturated heterocycles. The molecule has 30 heavy (non-hydrogen) atoms. The van der Waals surface area contributed by atoms with Gasteiger partial charge in [0.25, 0.3) is 0 Å². The standard InChI is InChI=1S/C23H28ClN5O/c1-3-4-9-21-27-22(24)20(15-30)29(21)14-16-10-12-17(13-11-16)18-7-5-6-8-19(18)23(25)28-26-2/h5-8,10-13,26,30H,3-4,9,14-15H2,1-2H3,(H2,25,28). The van der Waals surface area contributed by atoms with E-state index >= 15 is 0 Å². The molecule has 0 aliphatic heterocycles. The highest BCUT2D eigenvalue weighted by Crippen LogP contribution is 2.25. The second kappa shape index (κ2) is 10.3. The van der Waals surface area contributed by atoms with Crippen LogP contribution < -0.4 is 11.2 Å². The molecule has 0 fully saturated rings. The van der Waals surface area contributed by atoms with Crippen molar-refractivity contribution < 1.29 is 5.11 Å². The quantitative estimate of drug-likeness (QED) is 0.275. The molecular formula is C23H28ClN5O. The lowest BCUT2D eigenvalue weighted by atomic mass is 9.98. The summed E-state index contributed by atoms with van der Waals surface area (Å²) in [6.45, 7) is 2.62. The maximum absolute atomic E-state index is 9.76. The van der Waals surface area contributed by atoms with Gasteiger partial charge in [-0.05, 0) is 23.1 Å². The van der Waals surface area contributed by atoms with Crippen molar-refractivity contribution in [3.63, 3.8) is 0 Å². The molecule has 2 aromatic carbocycles. The van der Waals surface area contributed by atoms with Gasteiger partial charge in [0.15, 0.2) is 11.0 Å². The lowest BCUT2D eigenvalue weighted by Gasteiger charge is -2.13. The van der Waals surface area contributed by atoms with Crippen LogP contribution in [0.25, 0.3) is 11.1 Å². The van der Waals surface area contributed by atoms with E-state index < -0.39 is 0 Å². The van der Waals surface area contributed by atoms with E-state index in [1.807, 2.05) is 28.8 Å². The summed E-state index contributed by atoms with van der Waals surface area (Å²) in [5.74, 6) is 1.36. The molecule has 7 heteroatoms. The summed E-state index contributed by atoms with van der Waals surface area (Å²) in [6, 6.07) is 16.2. The van der Waals surface area contributed by atoms with E-state index in [1.165, 1.54) is 0 Å². The summed E-state index contributed by atoms with van der Waals surface area (Å²) < 4.78 is 2.03. The van der Waals surface area contributed by atoms with Crippen molar-refractivity contribution in [2.45, 2.75) is 39.3 Å². The van der Waals surface area contributed by atoms with Gasteiger partial charge in [-0.3, -0.25) is 0 Å². The molecule has 6 nitrogen and oxygen atoms in total. The van der Waals surface area contributed by atoms with Crippen molar-refractivity contribution in [1.29, 1.82) is 0 Å². The molecule has 3 rings (SSSR count). The molecule has 0 bridgehead atoms. The maximum Gasteiger partial charge on any atom is 0.152 e. The van der Waals surface area contributed by atoms with E-state index in [9.17, 15) is 5.11 Å². The molecule has 0 atom stereocenters. The number of benzene rings is 2. The first-order valence-corrected chi connectivity index (χ1v) is 10.5. The van der Waals surface area contributed by atoms with Gasteiger partial charge in [0, 0.05) is 25.6 Å². The Kier molecular flexibility index (Phi) is 7.49. The number of nitrogens with one attached hydrogen (secondary N) is 1. The van der Waals surface area contributed by atoms with E-state index in [0.717, 1.165) is 47.3 Å². The van der Waals surface area contributed by atoms with E-state index in [0.29, 0.717) is 23.2 Å². The highest BCUT2D eigenvalue weighted by atomic mass is 35.5. The fourth-order valence-electron chi connectivity index (χ4n) is 3.48. The Balaban J connectivity index is 1.89. The van der Waals surface area contributed by atoms with Crippen molar-refractivity contribution in [3.8, 4) is 11.1 Å². The van der Waals surface area contributed by atoms with Crippen LogP contribution in [0.3, 0.4) is 0 Å². The number of imidazole rings is 1. The van der Waals surface area contributed by atoms with Crippen LogP contribution in [0.15, 0.2) is 53.6 Å². The van der Waals surface area contributed by atoms with Gasteiger partial charge < -0.3 is 20.8 Å². The minimum absolute atomic E-state index is 0.131. The average molecular weight is 426 g/mol. The minimum Gasteiger partial charge on any atom is -0.390 e. The molecule has 0 unspecified atom stereocenters. The van der Waals surface area contributed by atoms with Gasteiger partial charge in [0.05, 0.1) is 12.3 Å². The molecule has 1 heterocycles. The fourth-order valence-corrected chi connectivity index (χ4v) is 3.74. The number of aryl methyl sites for hydroxylation is 1. The number of amidine groups is 1. The van der Waals surface area contributed by atoms with E-state index in [1.54, 1.807) is 7.05 Å². The predicted molar refractivity (Wildman–Crippen MR) is 123 cm³/mol. The number of halogens is 1. The lowest BCUT2D eigenvalue weighted by molar-refractivity contribution is 0.271. The van der Waals surface area contributed by atoms with Gasteiger partial charge in [0.1, 0.15) is 5.82 Å².